The van der Waals surface area contributed by atoms with E-state index in [-0.39, 0.29) is 6.61 Å². The number of ether oxygens (including phenoxy) is 4. The molecule has 2 aliphatic heterocycles. The lowest BCUT2D eigenvalue weighted by Gasteiger charge is -2.38. The van der Waals surface area contributed by atoms with Crippen molar-refractivity contribution in [1.29, 1.82) is 0 Å². The molecule has 3 N–H and O–H groups in total. The summed E-state index contributed by atoms with van der Waals surface area (Å²) >= 11 is 0. The van der Waals surface area contributed by atoms with Gasteiger partial charge >= 0.3 is 0 Å². The van der Waals surface area contributed by atoms with E-state index in [4.69, 9.17) is 24.7 Å². The molecule has 2 aliphatic rings. The second-order valence-corrected chi connectivity index (χ2v) is 6.18. The van der Waals surface area contributed by atoms with Crippen molar-refractivity contribution >= 4 is 5.91 Å². The van der Waals surface area contributed by atoms with Crippen LogP contribution >= 0.6 is 0 Å². The predicted molar refractivity (Wildman–Crippen MR) is 78.9 cm³/mol. The molecular weight excluding hydrogens is 302 g/mol. The van der Waals surface area contributed by atoms with Crippen LogP contribution in [0.4, 0.5) is 0 Å². The summed E-state index contributed by atoms with van der Waals surface area (Å²) in [6, 6.07) is 9.51. The lowest BCUT2D eigenvalue weighted by Crippen LogP contribution is -2.60. The largest absolute Gasteiger partial charge is 0.387 e. The van der Waals surface area contributed by atoms with Gasteiger partial charge in [0.05, 0.1) is 6.61 Å². The highest BCUT2D eigenvalue weighted by Gasteiger charge is 2.56. The van der Waals surface area contributed by atoms with Crippen LogP contribution < -0.4 is 5.73 Å². The smallest absolute Gasteiger partial charge is 0.249 e. The zero-order valence-corrected chi connectivity index (χ0v) is 13.0. The molecule has 0 unspecified atom stereocenters. The van der Waals surface area contributed by atoms with Crippen LogP contribution in [0.2, 0.25) is 0 Å². The van der Waals surface area contributed by atoms with E-state index in [2.05, 4.69) is 0 Å². The third kappa shape index (κ3) is 3.39. The van der Waals surface area contributed by atoms with Crippen molar-refractivity contribution in [2.75, 3.05) is 0 Å². The Morgan fingerprint density at radius 1 is 1.30 bits per heavy atom. The number of carbonyl (C=O) groups excluding carboxylic acids is 1. The maximum Gasteiger partial charge on any atom is 0.249 e. The van der Waals surface area contributed by atoms with Gasteiger partial charge in [0.25, 0.3) is 0 Å². The standard InChI is InChI=1S/C16H21NO6/c1-16(2)22-13-11(20-8-9-6-4-3-5-7-9)10(18)12(14(17)19)21-15(13)23-16/h3-7,10-13,15,18H,8H2,1-2H3,(H2,17,19)/t10-,11-,12+,13+,15-/m0/s1. The number of benzene rings is 1. The number of hydrogen-bond acceptors (Lipinski definition) is 6. The van der Waals surface area contributed by atoms with Crippen LogP contribution in [0.25, 0.3) is 0 Å². The van der Waals surface area contributed by atoms with Crippen molar-refractivity contribution < 1.29 is 28.8 Å². The fourth-order valence-corrected chi connectivity index (χ4v) is 2.87. The maximum absolute atomic E-state index is 11.5. The summed E-state index contributed by atoms with van der Waals surface area (Å²) in [6.45, 7) is 3.73. The van der Waals surface area contributed by atoms with Crippen molar-refractivity contribution in [3.05, 3.63) is 35.9 Å². The first kappa shape index (κ1) is 16.4. The Morgan fingerprint density at radius 2 is 2.00 bits per heavy atom. The van der Waals surface area contributed by atoms with Gasteiger partial charge in [-0.1, -0.05) is 30.3 Å². The zero-order chi connectivity index (χ0) is 16.6. The number of nitrogens with two attached hydrogens (primary N) is 1. The Balaban J connectivity index is 1.77. The molecule has 126 valence electrons. The average Bonchev–Trinajstić information content (AvgIpc) is 2.80. The molecule has 23 heavy (non-hydrogen) atoms. The highest BCUT2D eigenvalue weighted by molar-refractivity contribution is 5.79. The first-order valence-electron chi connectivity index (χ1n) is 7.51. The van der Waals surface area contributed by atoms with E-state index >= 15 is 0 Å². The molecule has 3 rings (SSSR count). The number of aliphatic hydroxyl groups is 1. The number of rotatable bonds is 4. The molecule has 0 spiro atoms. The molecule has 5 atom stereocenters. The molecule has 7 nitrogen and oxygen atoms in total. The molecule has 0 bridgehead atoms. The fraction of sp³-hybridized carbons (Fsp3) is 0.562. The second-order valence-electron chi connectivity index (χ2n) is 6.18. The van der Waals surface area contributed by atoms with Gasteiger partial charge in [-0.3, -0.25) is 4.79 Å². The highest BCUT2D eigenvalue weighted by atomic mass is 16.8. The van der Waals surface area contributed by atoms with E-state index < -0.39 is 42.4 Å². The van der Waals surface area contributed by atoms with Gasteiger partial charge in [-0.25, -0.2) is 0 Å². The predicted octanol–water partition coefficient (Wildman–Crippen LogP) is 0.294. The molecule has 0 aliphatic carbocycles. The second kappa shape index (κ2) is 6.18. The van der Waals surface area contributed by atoms with E-state index in [0.717, 1.165) is 5.56 Å². The fourth-order valence-electron chi connectivity index (χ4n) is 2.87. The van der Waals surface area contributed by atoms with Gasteiger partial charge in [-0.15, -0.1) is 0 Å². The summed E-state index contributed by atoms with van der Waals surface area (Å²) in [5.74, 6) is -1.66. The molecule has 1 amide bonds. The van der Waals surface area contributed by atoms with Crippen molar-refractivity contribution in [3.8, 4) is 0 Å². The van der Waals surface area contributed by atoms with Gasteiger partial charge in [0.15, 0.2) is 18.2 Å². The SMILES string of the molecule is CC1(C)O[C@@H]2O[C@@H](C(N)=O)[C@@H](O)[C@H](OCc3ccccc3)[C@H]2O1. The van der Waals surface area contributed by atoms with E-state index in [1.54, 1.807) is 13.8 Å². The highest BCUT2D eigenvalue weighted by Crippen LogP contribution is 2.37. The van der Waals surface area contributed by atoms with Gasteiger partial charge in [-0.05, 0) is 19.4 Å². The first-order chi connectivity index (χ1) is 10.9. The molecule has 2 saturated heterocycles. The minimum Gasteiger partial charge on any atom is -0.387 e. The van der Waals surface area contributed by atoms with Gasteiger partial charge in [-0.2, -0.15) is 0 Å². The lowest BCUT2D eigenvalue weighted by molar-refractivity contribution is -0.254. The first-order valence-corrected chi connectivity index (χ1v) is 7.51. The number of fused-ring (bicyclic) bond motifs is 1. The minimum absolute atomic E-state index is 0.265. The van der Waals surface area contributed by atoms with Gasteiger partial charge in [0.2, 0.25) is 5.91 Å². The number of primary amides is 1. The van der Waals surface area contributed by atoms with Gasteiger partial charge in [0, 0.05) is 0 Å². The third-order valence-electron chi connectivity index (χ3n) is 3.91. The molecule has 0 aromatic heterocycles. The molecule has 1 aromatic carbocycles. The van der Waals surface area contributed by atoms with Crippen LogP contribution in [0.3, 0.4) is 0 Å². The van der Waals surface area contributed by atoms with Crippen molar-refractivity contribution in [1.82, 2.24) is 0 Å². The summed E-state index contributed by atoms with van der Waals surface area (Å²) < 4.78 is 22.7. The summed E-state index contributed by atoms with van der Waals surface area (Å²) in [7, 11) is 0. The average molecular weight is 323 g/mol. The Labute approximate surface area is 134 Å². The van der Waals surface area contributed by atoms with Gasteiger partial charge < -0.3 is 29.8 Å². The quantitative estimate of drug-likeness (QED) is 0.826. The number of amides is 1. The van der Waals surface area contributed by atoms with Crippen LogP contribution in [0, 0.1) is 0 Å². The minimum atomic E-state index is -1.23. The van der Waals surface area contributed by atoms with Crippen molar-refractivity contribution in [3.63, 3.8) is 0 Å². The Bertz CT molecular complexity index is 563. The summed E-state index contributed by atoms with van der Waals surface area (Å²) in [5, 5.41) is 10.4. The number of hydrogen-bond donors (Lipinski definition) is 2. The Hall–Kier alpha value is -1.51. The molecule has 2 fully saturated rings. The van der Waals surface area contributed by atoms with Crippen LogP contribution in [0.15, 0.2) is 30.3 Å². The van der Waals surface area contributed by atoms with Crippen LogP contribution in [-0.2, 0) is 30.3 Å². The molecule has 0 saturated carbocycles. The van der Waals surface area contributed by atoms with E-state index in [1.165, 1.54) is 0 Å². The van der Waals surface area contributed by atoms with Crippen molar-refractivity contribution in [2.24, 2.45) is 5.73 Å². The molecule has 7 heteroatoms. The molecule has 0 radical (unpaired) electrons. The van der Waals surface area contributed by atoms with Crippen LogP contribution in [0.5, 0.6) is 0 Å². The van der Waals surface area contributed by atoms with Gasteiger partial charge in [0.1, 0.15) is 18.3 Å². The zero-order valence-electron chi connectivity index (χ0n) is 13.0. The Morgan fingerprint density at radius 3 is 2.65 bits per heavy atom. The van der Waals surface area contributed by atoms with Crippen molar-refractivity contribution in [2.45, 2.75) is 56.9 Å². The van der Waals surface area contributed by atoms with Crippen LogP contribution in [0.1, 0.15) is 19.4 Å². The third-order valence-corrected chi connectivity index (χ3v) is 3.91. The van der Waals surface area contributed by atoms with Crippen LogP contribution in [-0.4, -0.2) is 47.5 Å². The Kier molecular flexibility index (Phi) is 4.39. The topological polar surface area (TPSA) is 100 Å². The number of aliphatic hydroxyl groups excluding tert-OH is 1. The maximum atomic E-state index is 11.5. The molecular formula is C16H21NO6. The molecule has 1 aromatic rings. The number of carbonyl (C=O) groups is 1. The van der Waals surface area contributed by atoms with E-state index in [1.807, 2.05) is 30.3 Å². The van der Waals surface area contributed by atoms with E-state index in [0.29, 0.717) is 0 Å². The molecule has 2 heterocycles. The summed E-state index contributed by atoms with van der Waals surface area (Å²) in [4.78, 5) is 11.5. The monoisotopic (exact) mass is 323 g/mol. The summed E-state index contributed by atoms with van der Waals surface area (Å²) in [6.07, 6.45) is -4.66. The normalized spacial score (nSPS) is 35.7. The lowest BCUT2D eigenvalue weighted by atomic mass is 9.98. The van der Waals surface area contributed by atoms with E-state index in [9.17, 15) is 9.90 Å². The summed E-state index contributed by atoms with van der Waals surface area (Å²) in [5.41, 5.74) is 6.24.